The van der Waals surface area contributed by atoms with Crippen LogP contribution in [0.1, 0.15) is 25.0 Å². The summed E-state index contributed by atoms with van der Waals surface area (Å²) in [5, 5.41) is 6.92. The van der Waals surface area contributed by atoms with Gasteiger partial charge in [-0.3, -0.25) is 4.79 Å². The third-order valence-electron chi connectivity index (χ3n) is 3.74. The molecule has 0 aliphatic carbocycles. The Morgan fingerprint density at radius 1 is 1.15 bits per heavy atom. The molecule has 0 spiro atoms. The molecule has 2 aromatic rings. The van der Waals surface area contributed by atoms with E-state index in [2.05, 4.69) is 17.6 Å². The lowest BCUT2D eigenvalue weighted by atomic mass is 10.1. The van der Waals surface area contributed by atoms with Crippen LogP contribution in [0.5, 0.6) is 5.75 Å². The van der Waals surface area contributed by atoms with Gasteiger partial charge in [-0.1, -0.05) is 42.8 Å². The molecule has 0 unspecified atom stereocenters. The van der Waals surface area contributed by atoms with Crippen molar-refractivity contribution in [3.8, 4) is 5.75 Å². The van der Waals surface area contributed by atoms with Gasteiger partial charge in [0.2, 0.25) is 5.91 Å². The van der Waals surface area contributed by atoms with Crippen molar-refractivity contribution in [2.24, 2.45) is 0 Å². The first kappa shape index (κ1) is 22.3. The molecule has 2 rings (SSSR count). The Morgan fingerprint density at radius 2 is 1.88 bits per heavy atom. The summed E-state index contributed by atoms with van der Waals surface area (Å²) in [7, 11) is 0. The highest BCUT2D eigenvalue weighted by Crippen LogP contribution is 2.16. The van der Waals surface area contributed by atoms with Crippen LogP contribution in [-0.4, -0.2) is 25.0 Å². The SMILES string of the molecule is CCN[C@H](C)CNC(=O)Cc1cccc(OCc2ccc(Cl)cc2)c1.Cl. The molecular weight excluding hydrogens is 371 g/mol. The highest BCUT2D eigenvalue weighted by Gasteiger charge is 2.07. The van der Waals surface area contributed by atoms with Gasteiger partial charge in [0.1, 0.15) is 12.4 Å². The normalized spacial score (nSPS) is 11.3. The first-order valence-corrected chi connectivity index (χ1v) is 8.91. The van der Waals surface area contributed by atoms with Gasteiger partial charge in [-0.15, -0.1) is 12.4 Å². The van der Waals surface area contributed by atoms with Gasteiger partial charge in [0.15, 0.2) is 0 Å². The number of likely N-dealkylation sites (N-methyl/N-ethyl adjacent to an activating group) is 1. The molecular formula is C20H26Cl2N2O2. The number of halogens is 2. The fourth-order valence-corrected chi connectivity index (χ4v) is 2.55. The Morgan fingerprint density at radius 3 is 2.58 bits per heavy atom. The van der Waals surface area contributed by atoms with E-state index in [1.165, 1.54) is 0 Å². The van der Waals surface area contributed by atoms with Crippen molar-refractivity contribution < 1.29 is 9.53 Å². The van der Waals surface area contributed by atoms with Gasteiger partial charge in [0, 0.05) is 17.6 Å². The Hall–Kier alpha value is -1.75. The molecule has 0 aromatic heterocycles. The van der Waals surface area contributed by atoms with E-state index in [1.807, 2.05) is 55.5 Å². The number of hydrogen-bond donors (Lipinski definition) is 2. The van der Waals surface area contributed by atoms with Gasteiger partial charge < -0.3 is 15.4 Å². The predicted molar refractivity (Wildman–Crippen MR) is 109 cm³/mol. The second-order valence-corrected chi connectivity index (χ2v) is 6.44. The van der Waals surface area contributed by atoms with E-state index in [0.717, 1.165) is 23.4 Å². The fourth-order valence-electron chi connectivity index (χ4n) is 2.43. The van der Waals surface area contributed by atoms with E-state index in [4.69, 9.17) is 16.3 Å². The molecule has 0 saturated heterocycles. The number of hydrogen-bond acceptors (Lipinski definition) is 3. The molecule has 1 atom stereocenters. The van der Waals surface area contributed by atoms with Crippen LogP contribution in [0.15, 0.2) is 48.5 Å². The molecule has 0 heterocycles. The lowest BCUT2D eigenvalue weighted by Gasteiger charge is -2.13. The Kier molecular flexibility index (Phi) is 10.1. The van der Waals surface area contributed by atoms with E-state index < -0.39 is 0 Å². The van der Waals surface area contributed by atoms with Gasteiger partial charge in [-0.25, -0.2) is 0 Å². The van der Waals surface area contributed by atoms with Crippen molar-refractivity contribution in [2.75, 3.05) is 13.1 Å². The van der Waals surface area contributed by atoms with Crippen LogP contribution in [0.2, 0.25) is 5.02 Å². The molecule has 2 N–H and O–H groups in total. The fraction of sp³-hybridized carbons (Fsp3) is 0.350. The zero-order valence-electron chi connectivity index (χ0n) is 15.1. The first-order chi connectivity index (χ1) is 12.1. The number of carbonyl (C=O) groups excluding carboxylic acids is 1. The summed E-state index contributed by atoms with van der Waals surface area (Å²) in [5.41, 5.74) is 1.98. The van der Waals surface area contributed by atoms with Crippen LogP contribution in [-0.2, 0) is 17.8 Å². The molecule has 4 nitrogen and oxygen atoms in total. The first-order valence-electron chi connectivity index (χ1n) is 8.53. The Bertz CT molecular complexity index is 678. The number of benzene rings is 2. The van der Waals surface area contributed by atoms with E-state index in [-0.39, 0.29) is 24.4 Å². The molecule has 0 aliphatic rings. The topological polar surface area (TPSA) is 50.4 Å². The average molecular weight is 397 g/mol. The summed E-state index contributed by atoms with van der Waals surface area (Å²) in [6.07, 6.45) is 0.344. The summed E-state index contributed by atoms with van der Waals surface area (Å²) in [4.78, 5) is 12.1. The van der Waals surface area contributed by atoms with E-state index >= 15 is 0 Å². The monoisotopic (exact) mass is 396 g/mol. The minimum atomic E-state index is 0. The molecule has 0 fully saturated rings. The van der Waals surface area contributed by atoms with E-state index in [0.29, 0.717) is 24.6 Å². The molecule has 0 bridgehead atoms. The minimum absolute atomic E-state index is 0. The van der Waals surface area contributed by atoms with Crippen LogP contribution >= 0.6 is 24.0 Å². The van der Waals surface area contributed by atoms with Crippen molar-refractivity contribution in [1.29, 1.82) is 0 Å². The van der Waals surface area contributed by atoms with Gasteiger partial charge in [0.25, 0.3) is 0 Å². The number of rotatable bonds is 9. The Balaban J connectivity index is 0.00000338. The third kappa shape index (κ3) is 8.09. The van der Waals surface area contributed by atoms with Crippen LogP contribution in [0.4, 0.5) is 0 Å². The van der Waals surface area contributed by atoms with Crippen LogP contribution in [0.25, 0.3) is 0 Å². The maximum absolute atomic E-state index is 12.1. The van der Waals surface area contributed by atoms with E-state index in [9.17, 15) is 4.79 Å². The van der Waals surface area contributed by atoms with E-state index in [1.54, 1.807) is 0 Å². The molecule has 0 aliphatic heterocycles. The maximum Gasteiger partial charge on any atom is 0.224 e. The van der Waals surface area contributed by atoms with Gasteiger partial charge in [0.05, 0.1) is 6.42 Å². The zero-order valence-corrected chi connectivity index (χ0v) is 16.7. The smallest absolute Gasteiger partial charge is 0.224 e. The van der Waals surface area contributed by atoms with Crippen molar-refractivity contribution in [3.05, 3.63) is 64.7 Å². The number of carbonyl (C=O) groups is 1. The van der Waals surface area contributed by atoms with Crippen molar-refractivity contribution in [2.45, 2.75) is 32.9 Å². The number of nitrogens with one attached hydrogen (secondary N) is 2. The molecule has 26 heavy (non-hydrogen) atoms. The predicted octanol–water partition coefficient (Wildman–Crippen LogP) is 4.00. The highest BCUT2D eigenvalue weighted by atomic mass is 35.5. The van der Waals surface area contributed by atoms with Crippen LogP contribution in [0, 0.1) is 0 Å². The third-order valence-corrected chi connectivity index (χ3v) is 3.99. The van der Waals surface area contributed by atoms with Crippen molar-refractivity contribution in [1.82, 2.24) is 10.6 Å². The largest absolute Gasteiger partial charge is 0.489 e. The summed E-state index contributed by atoms with van der Waals surface area (Å²) in [5.74, 6) is 0.765. The average Bonchev–Trinajstić information content (AvgIpc) is 2.60. The lowest BCUT2D eigenvalue weighted by molar-refractivity contribution is -0.120. The zero-order chi connectivity index (χ0) is 18.1. The molecule has 0 saturated carbocycles. The lowest BCUT2D eigenvalue weighted by Crippen LogP contribution is -2.39. The molecule has 2 aromatic carbocycles. The van der Waals surface area contributed by atoms with Gasteiger partial charge in [-0.2, -0.15) is 0 Å². The molecule has 1 amide bonds. The standard InChI is InChI=1S/C20H25ClN2O2.ClH/c1-3-22-15(2)13-23-20(24)12-17-5-4-6-19(11-17)25-14-16-7-9-18(21)10-8-16;/h4-11,15,22H,3,12-14H2,1-2H3,(H,23,24);1H/t15-;/m1./s1. The molecule has 6 heteroatoms. The second kappa shape index (κ2) is 11.8. The number of amides is 1. The van der Waals surface area contributed by atoms with Crippen molar-refractivity contribution >= 4 is 29.9 Å². The summed E-state index contributed by atoms with van der Waals surface area (Å²) in [6, 6.07) is 15.5. The molecule has 142 valence electrons. The highest BCUT2D eigenvalue weighted by molar-refractivity contribution is 6.30. The minimum Gasteiger partial charge on any atom is -0.489 e. The summed E-state index contributed by atoms with van der Waals surface area (Å²) >= 11 is 5.88. The Labute approximate surface area is 166 Å². The quantitative estimate of drug-likeness (QED) is 0.673. The van der Waals surface area contributed by atoms with Crippen molar-refractivity contribution in [3.63, 3.8) is 0 Å². The van der Waals surface area contributed by atoms with Crippen LogP contribution in [0.3, 0.4) is 0 Å². The molecule has 0 radical (unpaired) electrons. The number of ether oxygens (including phenoxy) is 1. The van der Waals surface area contributed by atoms with Gasteiger partial charge >= 0.3 is 0 Å². The van der Waals surface area contributed by atoms with Crippen LogP contribution < -0.4 is 15.4 Å². The summed E-state index contributed by atoms with van der Waals surface area (Å²) in [6.45, 7) is 6.08. The summed E-state index contributed by atoms with van der Waals surface area (Å²) < 4.78 is 5.80. The van der Waals surface area contributed by atoms with Gasteiger partial charge in [-0.05, 0) is 48.9 Å². The maximum atomic E-state index is 12.1. The second-order valence-electron chi connectivity index (χ2n) is 6.00.